The smallest absolute Gasteiger partial charge is 0.335 e. The van der Waals surface area contributed by atoms with E-state index in [1.807, 2.05) is 0 Å². The molecular formula is C16H19N3O4S. The van der Waals surface area contributed by atoms with Gasteiger partial charge in [-0.05, 0) is 37.1 Å². The highest BCUT2D eigenvalue weighted by Crippen LogP contribution is 2.24. The summed E-state index contributed by atoms with van der Waals surface area (Å²) in [4.78, 5) is 11.4. The molecule has 24 heavy (non-hydrogen) atoms. The van der Waals surface area contributed by atoms with E-state index in [2.05, 4.69) is 5.10 Å². The van der Waals surface area contributed by atoms with Gasteiger partial charge in [-0.15, -0.1) is 0 Å². The van der Waals surface area contributed by atoms with Crippen molar-refractivity contribution in [2.45, 2.75) is 30.6 Å². The summed E-state index contributed by atoms with van der Waals surface area (Å²) >= 11 is 0. The van der Waals surface area contributed by atoms with Crippen LogP contribution in [0.5, 0.6) is 0 Å². The minimum absolute atomic E-state index is 0.00481. The second-order valence-corrected chi connectivity index (χ2v) is 7.73. The third-order valence-corrected chi connectivity index (χ3v) is 5.99. The molecular weight excluding hydrogens is 330 g/mol. The molecule has 1 N–H and O–H groups in total. The van der Waals surface area contributed by atoms with Gasteiger partial charge in [0, 0.05) is 25.5 Å². The minimum atomic E-state index is -3.73. The number of carboxylic acid groups (broad SMARTS) is 1. The summed E-state index contributed by atoms with van der Waals surface area (Å²) in [5.41, 5.74) is 0.338. The number of nitrogens with zero attached hydrogens (tertiary/aromatic N) is 3. The van der Waals surface area contributed by atoms with Gasteiger partial charge < -0.3 is 5.11 Å². The van der Waals surface area contributed by atoms with Crippen molar-refractivity contribution >= 4 is 16.0 Å². The second kappa shape index (κ2) is 6.74. The van der Waals surface area contributed by atoms with Crippen LogP contribution in [0.25, 0.3) is 5.69 Å². The Morgan fingerprint density at radius 2 is 1.79 bits per heavy atom. The Morgan fingerprint density at radius 3 is 2.38 bits per heavy atom. The molecule has 3 rings (SSSR count). The van der Waals surface area contributed by atoms with Crippen molar-refractivity contribution in [3.63, 3.8) is 0 Å². The fourth-order valence-electron chi connectivity index (χ4n) is 2.84. The summed E-state index contributed by atoms with van der Waals surface area (Å²) in [6, 6.07) is 5.79. The second-order valence-electron chi connectivity index (χ2n) is 5.79. The molecule has 0 radical (unpaired) electrons. The molecule has 0 amide bonds. The lowest BCUT2D eigenvalue weighted by Crippen LogP contribution is -2.32. The van der Waals surface area contributed by atoms with Crippen LogP contribution in [0.1, 0.15) is 36.0 Å². The van der Waals surface area contributed by atoms with E-state index < -0.39 is 16.0 Å². The Bertz CT molecular complexity index is 823. The van der Waals surface area contributed by atoms with Crippen LogP contribution in [0.4, 0.5) is 0 Å². The van der Waals surface area contributed by atoms with Crippen LogP contribution >= 0.6 is 0 Å². The molecule has 2 heterocycles. The molecule has 0 saturated carbocycles. The number of aromatic carboxylic acids is 1. The van der Waals surface area contributed by atoms with Crippen LogP contribution in [0.15, 0.2) is 41.6 Å². The molecule has 1 aliphatic heterocycles. The van der Waals surface area contributed by atoms with Gasteiger partial charge in [-0.25, -0.2) is 17.9 Å². The van der Waals surface area contributed by atoms with E-state index in [1.54, 1.807) is 18.5 Å². The van der Waals surface area contributed by atoms with E-state index in [4.69, 9.17) is 0 Å². The van der Waals surface area contributed by atoms with Gasteiger partial charge in [-0.3, -0.25) is 0 Å². The number of sulfonamides is 1. The summed E-state index contributed by atoms with van der Waals surface area (Å²) in [5, 5.41) is 13.4. The van der Waals surface area contributed by atoms with E-state index in [1.165, 1.54) is 27.2 Å². The van der Waals surface area contributed by atoms with Crippen LogP contribution in [-0.2, 0) is 10.0 Å². The summed E-state index contributed by atoms with van der Waals surface area (Å²) in [6.07, 6.45) is 6.87. The average Bonchev–Trinajstić information content (AvgIpc) is 2.96. The van der Waals surface area contributed by atoms with Gasteiger partial charge in [0.15, 0.2) is 0 Å². The average molecular weight is 349 g/mol. The van der Waals surface area contributed by atoms with Crippen molar-refractivity contribution < 1.29 is 18.3 Å². The van der Waals surface area contributed by atoms with Gasteiger partial charge in [-0.2, -0.15) is 9.40 Å². The van der Waals surface area contributed by atoms with Crippen LogP contribution in [-0.4, -0.2) is 46.7 Å². The molecule has 2 aromatic rings. The molecule has 0 unspecified atom stereocenters. The molecule has 1 aromatic heterocycles. The normalized spacial score (nSPS) is 16.7. The molecule has 0 spiro atoms. The molecule has 1 aromatic carbocycles. The molecule has 1 aliphatic rings. The van der Waals surface area contributed by atoms with Crippen molar-refractivity contribution in [1.29, 1.82) is 0 Å². The number of aromatic nitrogens is 2. The van der Waals surface area contributed by atoms with Crippen molar-refractivity contribution in [2.24, 2.45) is 0 Å². The first kappa shape index (κ1) is 16.7. The maximum atomic E-state index is 12.9. The Hall–Kier alpha value is -2.19. The number of benzene rings is 1. The summed E-state index contributed by atoms with van der Waals surface area (Å²) < 4.78 is 28.8. The summed E-state index contributed by atoms with van der Waals surface area (Å²) in [5.74, 6) is -1.17. The van der Waals surface area contributed by atoms with E-state index in [9.17, 15) is 18.3 Å². The maximum Gasteiger partial charge on any atom is 0.335 e. The number of carbonyl (C=O) groups is 1. The van der Waals surface area contributed by atoms with Crippen LogP contribution in [0.3, 0.4) is 0 Å². The first-order chi connectivity index (χ1) is 11.5. The van der Waals surface area contributed by atoms with Gasteiger partial charge in [0.05, 0.1) is 16.1 Å². The zero-order chi connectivity index (χ0) is 17.2. The SMILES string of the molecule is O=C(O)c1cc(-n2cccn2)cc(S(=O)(=O)N2CCCCCC2)c1. The topological polar surface area (TPSA) is 92.5 Å². The number of carboxylic acids is 1. The fraction of sp³-hybridized carbons (Fsp3) is 0.375. The maximum absolute atomic E-state index is 12.9. The van der Waals surface area contributed by atoms with Crippen LogP contribution in [0, 0.1) is 0 Å². The largest absolute Gasteiger partial charge is 0.478 e. The van der Waals surface area contributed by atoms with Gasteiger partial charge >= 0.3 is 5.97 Å². The van der Waals surface area contributed by atoms with Gasteiger partial charge in [-0.1, -0.05) is 12.8 Å². The Morgan fingerprint density at radius 1 is 1.08 bits per heavy atom. The molecule has 7 nitrogen and oxygen atoms in total. The lowest BCUT2D eigenvalue weighted by Gasteiger charge is -2.20. The molecule has 1 saturated heterocycles. The molecule has 128 valence electrons. The molecule has 1 fully saturated rings. The molecule has 0 aliphatic carbocycles. The number of hydrogen-bond donors (Lipinski definition) is 1. The number of hydrogen-bond acceptors (Lipinski definition) is 4. The minimum Gasteiger partial charge on any atom is -0.478 e. The Kier molecular flexibility index (Phi) is 4.68. The first-order valence-corrected chi connectivity index (χ1v) is 9.31. The van der Waals surface area contributed by atoms with Gasteiger partial charge in [0.1, 0.15) is 0 Å². The van der Waals surface area contributed by atoms with E-state index in [0.717, 1.165) is 25.7 Å². The summed E-state index contributed by atoms with van der Waals surface area (Å²) in [7, 11) is -3.73. The van der Waals surface area contributed by atoms with Crippen LogP contribution in [0.2, 0.25) is 0 Å². The Balaban J connectivity index is 2.07. The highest BCUT2D eigenvalue weighted by Gasteiger charge is 2.26. The standard InChI is InChI=1S/C16H19N3O4S/c20-16(21)13-10-14(19-9-5-6-17-19)12-15(11-13)24(22,23)18-7-3-1-2-4-8-18/h5-6,9-12H,1-4,7-8H2,(H,20,21). The zero-order valence-corrected chi connectivity index (χ0v) is 13.9. The fourth-order valence-corrected chi connectivity index (χ4v) is 4.42. The van der Waals surface area contributed by atoms with E-state index >= 15 is 0 Å². The lowest BCUT2D eigenvalue weighted by molar-refractivity contribution is 0.0696. The monoisotopic (exact) mass is 349 g/mol. The van der Waals surface area contributed by atoms with Gasteiger partial charge in [0.2, 0.25) is 10.0 Å². The van der Waals surface area contributed by atoms with E-state index in [-0.39, 0.29) is 10.5 Å². The highest BCUT2D eigenvalue weighted by atomic mass is 32.2. The van der Waals surface area contributed by atoms with Crippen molar-refractivity contribution in [3.8, 4) is 5.69 Å². The summed E-state index contributed by atoms with van der Waals surface area (Å²) in [6.45, 7) is 0.938. The van der Waals surface area contributed by atoms with Crippen LogP contribution < -0.4 is 0 Å². The highest BCUT2D eigenvalue weighted by molar-refractivity contribution is 7.89. The molecule has 8 heteroatoms. The van der Waals surface area contributed by atoms with Crippen molar-refractivity contribution in [3.05, 3.63) is 42.2 Å². The van der Waals surface area contributed by atoms with Crippen molar-refractivity contribution in [1.82, 2.24) is 14.1 Å². The number of rotatable bonds is 4. The Labute approximate surface area is 140 Å². The third-order valence-electron chi connectivity index (χ3n) is 4.11. The zero-order valence-electron chi connectivity index (χ0n) is 13.1. The molecule has 0 bridgehead atoms. The van der Waals surface area contributed by atoms with E-state index in [0.29, 0.717) is 18.8 Å². The van der Waals surface area contributed by atoms with Gasteiger partial charge in [0.25, 0.3) is 0 Å². The predicted molar refractivity (Wildman–Crippen MR) is 87.8 cm³/mol. The van der Waals surface area contributed by atoms with Crippen molar-refractivity contribution in [2.75, 3.05) is 13.1 Å². The predicted octanol–water partition coefficient (Wildman–Crippen LogP) is 2.14. The quantitative estimate of drug-likeness (QED) is 0.913. The molecule has 0 atom stereocenters. The first-order valence-electron chi connectivity index (χ1n) is 7.87. The third kappa shape index (κ3) is 3.34. The lowest BCUT2D eigenvalue weighted by atomic mass is 10.2.